The summed E-state index contributed by atoms with van der Waals surface area (Å²) >= 11 is 1.19. The molecule has 0 aliphatic carbocycles. The second-order valence-electron chi connectivity index (χ2n) is 3.88. The van der Waals surface area contributed by atoms with Crippen LogP contribution in [0, 0.1) is 0 Å². The minimum atomic E-state index is -3.39. The maximum atomic E-state index is 11.8. The predicted molar refractivity (Wildman–Crippen MR) is 78.9 cm³/mol. The molecule has 0 radical (unpaired) electrons. The van der Waals surface area contributed by atoms with E-state index in [-0.39, 0.29) is 6.54 Å². The molecule has 0 bridgehead atoms. The van der Waals surface area contributed by atoms with E-state index in [0.29, 0.717) is 23.3 Å². The van der Waals surface area contributed by atoms with E-state index in [1.807, 2.05) is 0 Å². The molecule has 0 spiro atoms. The number of hydrogen-bond acceptors (Lipinski definition) is 4. The van der Waals surface area contributed by atoms with Crippen LogP contribution in [0.1, 0.15) is 19.8 Å². The first kappa shape index (κ1) is 15.9. The van der Waals surface area contributed by atoms with Gasteiger partial charge in [-0.3, -0.25) is 4.99 Å². The summed E-state index contributed by atoms with van der Waals surface area (Å²) in [5.41, 5.74) is 5.62. The van der Waals surface area contributed by atoms with Gasteiger partial charge in [0.05, 0.1) is 0 Å². The number of nitrogens with one attached hydrogen (secondary N) is 2. The summed E-state index contributed by atoms with van der Waals surface area (Å²) < 4.78 is 26.3. The van der Waals surface area contributed by atoms with E-state index in [1.165, 1.54) is 11.3 Å². The highest BCUT2D eigenvalue weighted by Crippen LogP contribution is 2.14. The van der Waals surface area contributed by atoms with Crippen molar-refractivity contribution in [1.82, 2.24) is 10.0 Å². The van der Waals surface area contributed by atoms with Crippen molar-refractivity contribution < 1.29 is 8.42 Å². The first-order chi connectivity index (χ1) is 9.06. The highest BCUT2D eigenvalue weighted by molar-refractivity contribution is 7.91. The Balaban J connectivity index is 2.26. The summed E-state index contributed by atoms with van der Waals surface area (Å²) in [5.74, 6) is 0.351. The van der Waals surface area contributed by atoms with Gasteiger partial charge in [0.15, 0.2) is 5.96 Å². The van der Waals surface area contributed by atoms with E-state index < -0.39 is 10.0 Å². The van der Waals surface area contributed by atoms with Crippen molar-refractivity contribution in [2.24, 2.45) is 10.7 Å². The van der Waals surface area contributed by atoms with E-state index >= 15 is 0 Å². The zero-order valence-corrected chi connectivity index (χ0v) is 12.6. The second kappa shape index (κ2) is 8.13. The van der Waals surface area contributed by atoms with Crippen molar-refractivity contribution in [1.29, 1.82) is 0 Å². The van der Waals surface area contributed by atoms with Gasteiger partial charge in [0.2, 0.25) is 10.0 Å². The Hall–Kier alpha value is -1.12. The predicted octanol–water partition coefficient (Wildman–Crippen LogP) is 0.731. The summed E-state index contributed by atoms with van der Waals surface area (Å²) in [4.78, 5) is 4.11. The number of aliphatic imine (C=N–C) groups is 1. The Morgan fingerprint density at radius 1 is 1.47 bits per heavy atom. The molecule has 1 aromatic rings. The maximum absolute atomic E-state index is 11.8. The minimum Gasteiger partial charge on any atom is -0.370 e. The topological polar surface area (TPSA) is 96.6 Å². The largest absolute Gasteiger partial charge is 0.370 e. The monoisotopic (exact) mass is 304 g/mol. The van der Waals surface area contributed by atoms with Crippen molar-refractivity contribution in [2.45, 2.75) is 24.0 Å². The molecule has 0 aromatic carbocycles. The first-order valence-corrected chi connectivity index (χ1v) is 8.49. The number of hydrogen-bond donors (Lipinski definition) is 3. The third kappa shape index (κ3) is 6.04. The van der Waals surface area contributed by atoms with Gasteiger partial charge in [-0.15, -0.1) is 11.3 Å². The molecule has 0 aliphatic heterocycles. The molecule has 0 atom stereocenters. The number of unbranched alkanes of at least 4 members (excludes halogenated alkanes) is 1. The van der Waals surface area contributed by atoms with Crippen LogP contribution >= 0.6 is 11.3 Å². The Morgan fingerprint density at radius 3 is 2.89 bits per heavy atom. The SMILES string of the molecule is CCCCN=C(N)NCCNS(=O)(=O)c1cccs1. The lowest BCUT2D eigenvalue weighted by Crippen LogP contribution is -2.38. The molecule has 0 fully saturated rings. The number of sulfonamides is 1. The van der Waals surface area contributed by atoms with Gasteiger partial charge in [0, 0.05) is 19.6 Å². The molecule has 1 rings (SSSR count). The lowest BCUT2D eigenvalue weighted by Gasteiger charge is -2.07. The van der Waals surface area contributed by atoms with E-state index in [9.17, 15) is 8.42 Å². The van der Waals surface area contributed by atoms with Crippen LogP contribution in [0.25, 0.3) is 0 Å². The third-order valence-electron chi connectivity index (χ3n) is 2.28. The summed E-state index contributed by atoms with van der Waals surface area (Å²) in [6.45, 7) is 3.45. The van der Waals surface area contributed by atoms with Gasteiger partial charge in [-0.1, -0.05) is 19.4 Å². The van der Waals surface area contributed by atoms with Gasteiger partial charge in [-0.2, -0.15) is 0 Å². The van der Waals surface area contributed by atoms with Crippen molar-refractivity contribution in [3.05, 3.63) is 17.5 Å². The van der Waals surface area contributed by atoms with Gasteiger partial charge >= 0.3 is 0 Å². The van der Waals surface area contributed by atoms with E-state index in [2.05, 4.69) is 22.0 Å². The van der Waals surface area contributed by atoms with E-state index in [0.717, 1.165) is 12.8 Å². The summed E-state index contributed by atoms with van der Waals surface area (Å²) in [6.07, 6.45) is 2.06. The number of guanidine groups is 1. The average Bonchev–Trinajstić information content (AvgIpc) is 2.89. The van der Waals surface area contributed by atoms with Crippen LogP contribution in [0.3, 0.4) is 0 Å². The van der Waals surface area contributed by atoms with E-state index in [4.69, 9.17) is 5.73 Å². The van der Waals surface area contributed by atoms with Gasteiger partial charge in [0.1, 0.15) is 4.21 Å². The fraction of sp³-hybridized carbons (Fsp3) is 0.545. The molecule has 8 heteroatoms. The van der Waals surface area contributed by atoms with Gasteiger partial charge < -0.3 is 11.1 Å². The standard InChI is InChI=1S/C11H20N4O2S2/c1-2-3-6-13-11(12)14-7-8-15-19(16,17)10-5-4-9-18-10/h4-5,9,15H,2-3,6-8H2,1H3,(H3,12,13,14). The Labute approximate surface area is 118 Å². The number of nitrogens with zero attached hydrogens (tertiary/aromatic N) is 1. The highest BCUT2D eigenvalue weighted by atomic mass is 32.2. The second-order valence-corrected chi connectivity index (χ2v) is 6.82. The summed E-state index contributed by atoms with van der Waals surface area (Å²) in [6, 6.07) is 3.27. The molecule has 0 aliphatic rings. The van der Waals surface area contributed by atoms with Gasteiger partial charge in [0.25, 0.3) is 0 Å². The molecule has 0 amide bonds. The zero-order valence-electron chi connectivity index (χ0n) is 10.9. The van der Waals surface area contributed by atoms with Crippen LogP contribution in [-0.2, 0) is 10.0 Å². The smallest absolute Gasteiger partial charge is 0.250 e. The molecular weight excluding hydrogens is 284 g/mol. The molecule has 6 nitrogen and oxygen atoms in total. The van der Waals surface area contributed by atoms with Crippen LogP contribution < -0.4 is 15.8 Å². The molecule has 0 unspecified atom stereocenters. The Bertz CT molecular complexity index is 483. The van der Waals surface area contributed by atoms with Crippen molar-refractivity contribution in [3.8, 4) is 0 Å². The molecule has 4 N–H and O–H groups in total. The summed E-state index contributed by atoms with van der Waals surface area (Å²) in [7, 11) is -3.39. The van der Waals surface area contributed by atoms with Gasteiger partial charge in [-0.05, 0) is 17.9 Å². The number of rotatable bonds is 8. The Kier molecular flexibility index (Phi) is 6.82. The van der Waals surface area contributed by atoms with Crippen LogP contribution in [0.2, 0.25) is 0 Å². The average molecular weight is 304 g/mol. The van der Waals surface area contributed by atoms with Crippen molar-refractivity contribution >= 4 is 27.3 Å². The molecule has 108 valence electrons. The lowest BCUT2D eigenvalue weighted by atomic mass is 10.3. The number of thiophene rings is 1. The van der Waals surface area contributed by atoms with Crippen molar-refractivity contribution in [3.63, 3.8) is 0 Å². The fourth-order valence-electron chi connectivity index (χ4n) is 1.28. The quantitative estimate of drug-likeness (QED) is 0.375. The van der Waals surface area contributed by atoms with Crippen LogP contribution in [0.15, 0.2) is 26.7 Å². The van der Waals surface area contributed by atoms with Crippen LogP contribution in [0.5, 0.6) is 0 Å². The molecule has 0 saturated heterocycles. The molecule has 1 aromatic heterocycles. The third-order valence-corrected chi connectivity index (χ3v) is 5.14. The zero-order chi connectivity index (χ0) is 14.1. The molecule has 0 saturated carbocycles. The minimum absolute atomic E-state index is 0.268. The first-order valence-electron chi connectivity index (χ1n) is 6.13. The molecule has 1 heterocycles. The van der Waals surface area contributed by atoms with Crippen LogP contribution in [-0.4, -0.2) is 34.0 Å². The Morgan fingerprint density at radius 2 is 2.26 bits per heavy atom. The lowest BCUT2D eigenvalue weighted by molar-refractivity contribution is 0.583. The normalized spacial score (nSPS) is 12.6. The molecule has 19 heavy (non-hydrogen) atoms. The fourth-order valence-corrected chi connectivity index (χ4v) is 3.35. The summed E-state index contributed by atoms with van der Waals surface area (Å²) in [5, 5.41) is 4.59. The van der Waals surface area contributed by atoms with Gasteiger partial charge in [-0.25, -0.2) is 13.1 Å². The number of nitrogens with two attached hydrogens (primary N) is 1. The van der Waals surface area contributed by atoms with E-state index in [1.54, 1.807) is 17.5 Å². The molecular formula is C11H20N4O2S2. The highest BCUT2D eigenvalue weighted by Gasteiger charge is 2.13. The maximum Gasteiger partial charge on any atom is 0.250 e. The van der Waals surface area contributed by atoms with Crippen molar-refractivity contribution in [2.75, 3.05) is 19.6 Å². The van der Waals surface area contributed by atoms with Crippen LogP contribution in [0.4, 0.5) is 0 Å².